The van der Waals surface area contributed by atoms with Gasteiger partial charge in [-0.05, 0) is 35.1 Å². The minimum absolute atomic E-state index is 0.208. The molecule has 0 unspecified atom stereocenters. The molecule has 1 amide bonds. The molecule has 0 saturated carbocycles. The van der Waals surface area contributed by atoms with E-state index in [1.165, 1.54) is 0 Å². The summed E-state index contributed by atoms with van der Waals surface area (Å²) in [6.45, 7) is 0.493. The molecule has 3 heterocycles. The maximum absolute atomic E-state index is 12.2. The van der Waals surface area contributed by atoms with Crippen LogP contribution in [-0.2, 0) is 6.54 Å². The van der Waals surface area contributed by atoms with Gasteiger partial charge >= 0.3 is 0 Å². The number of nitrogen functional groups attached to an aromatic ring is 1. The average Bonchev–Trinajstić information content (AvgIpc) is 3.15. The number of rotatable bonds is 4. The smallest absolute Gasteiger partial charge is 0.265 e. The van der Waals surface area contributed by atoms with Crippen LogP contribution in [0.3, 0.4) is 0 Å². The number of carbonyl (C=O) groups excluding carboxylic acids is 1. The number of thiophene rings is 1. The lowest BCUT2D eigenvalue weighted by Gasteiger charge is -2.02. The first-order valence-corrected chi connectivity index (χ1v) is 7.88. The van der Waals surface area contributed by atoms with E-state index in [0.29, 0.717) is 28.5 Å². The number of amides is 1. The van der Waals surface area contributed by atoms with Gasteiger partial charge in [-0.15, -0.1) is 11.3 Å². The number of nitrogens with zero attached hydrogens (tertiary/aromatic N) is 2. The summed E-state index contributed by atoms with van der Waals surface area (Å²) in [5, 5.41) is 4.82. The molecule has 3 N–H and O–H groups in total. The van der Waals surface area contributed by atoms with E-state index < -0.39 is 0 Å². The van der Waals surface area contributed by atoms with Crippen molar-refractivity contribution in [3.8, 4) is 11.4 Å². The number of carbonyl (C=O) groups is 1. The van der Waals surface area contributed by atoms with Crippen molar-refractivity contribution in [1.29, 1.82) is 0 Å². The molecule has 7 heteroatoms. The summed E-state index contributed by atoms with van der Waals surface area (Å²) in [7, 11) is 0. The van der Waals surface area contributed by atoms with Crippen LogP contribution in [0.2, 0.25) is 0 Å². The fraction of sp³-hybridized carbons (Fsp3) is 0.0714. The molecule has 5 nitrogen and oxygen atoms in total. The SMILES string of the molecule is Nc1c(-c2ccccn2)nsc1C(=O)NCc1cccs1. The number of hydrogen-bond donors (Lipinski definition) is 2. The quantitative estimate of drug-likeness (QED) is 0.775. The van der Waals surface area contributed by atoms with Gasteiger partial charge in [0.05, 0.1) is 17.9 Å². The van der Waals surface area contributed by atoms with Crippen molar-refractivity contribution in [2.45, 2.75) is 6.54 Å². The molecule has 0 aromatic carbocycles. The van der Waals surface area contributed by atoms with Crippen molar-refractivity contribution in [2.75, 3.05) is 5.73 Å². The molecule has 0 bridgehead atoms. The molecule has 21 heavy (non-hydrogen) atoms. The molecule has 0 radical (unpaired) electrons. The normalized spacial score (nSPS) is 10.5. The highest BCUT2D eigenvalue weighted by molar-refractivity contribution is 7.10. The first kappa shape index (κ1) is 13.7. The molecule has 0 spiro atoms. The molecule has 0 aliphatic heterocycles. The summed E-state index contributed by atoms with van der Waals surface area (Å²) >= 11 is 2.69. The molecule has 3 rings (SSSR count). The van der Waals surface area contributed by atoms with E-state index in [2.05, 4.69) is 14.7 Å². The van der Waals surface area contributed by atoms with Crippen molar-refractivity contribution in [1.82, 2.24) is 14.7 Å². The second-order valence-electron chi connectivity index (χ2n) is 4.25. The Balaban J connectivity index is 1.77. The van der Waals surface area contributed by atoms with E-state index in [4.69, 9.17) is 5.73 Å². The fourth-order valence-corrected chi connectivity index (χ4v) is 3.18. The van der Waals surface area contributed by atoms with Crippen LogP contribution >= 0.6 is 22.9 Å². The molecule has 3 aromatic rings. The Morgan fingerprint density at radius 2 is 2.19 bits per heavy atom. The third-order valence-electron chi connectivity index (χ3n) is 2.84. The maximum Gasteiger partial charge on any atom is 0.265 e. The molecule has 0 aliphatic carbocycles. The van der Waals surface area contributed by atoms with E-state index in [1.807, 2.05) is 35.7 Å². The second-order valence-corrected chi connectivity index (χ2v) is 6.06. The Bertz CT molecular complexity index is 738. The van der Waals surface area contributed by atoms with Crippen LogP contribution in [-0.4, -0.2) is 15.3 Å². The van der Waals surface area contributed by atoms with Crippen LogP contribution in [0.15, 0.2) is 41.9 Å². The lowest BCUT2D eigenvalue weighted by Crippen LogP contribution is -2.22. The van der Waals surface area contributed by atoms with Crippen molar-refractivity contribution < 1.29 is 4.79 Å². The predicted octanol–water partition coefficient (Wildman–Crippen LogP) is 2.78. The molecule has 0 fully saturated rings. The Labute approximate surface area is 129 Å². The number of aromatic nitrogens is 2. The maximum atomic E-state index is 12.2. The second kappa shape index (κ2) is 6.02. The van der Waals surface area contributed by atoms with Gasteiger partial charge in [-0.1, -0.05) is 12.1 Å². The summed E-state index contributed by atoms with van der Waals surface area (Å²) in [6.07, 6.45) is 1.67. The van der Waals surface area contributed by atoms with Gasteiger partial charge in [0.25, 0.3) is 5.91 Å². The first-order valence-electron chi connectivity index (χ1n) is 6.23. The van der Waals surface area contributed by atoms with Crippen molar-refractivity contribution >= 4 is 34.5 Å². The number of pyridine rings is 1. The van der Waals surface area contributed by atoms with Gasteiger partial charge < -0.3 is 11.1 Å². The van der Waals surface area contributed by atoms with E-state index >= 15 is 0 Å². The molecule has 3 aromatic heterocycles. The van der Waals surface area contributed by atoms with Gasteiger partial charge in [0.15, 0.2) is 0 Å². The van der Waals surface area contributed by atoms with Crippen LogP contribution in [0.25, 0.3) is 11.4 Å². The zero-order valence-corrected chi connectivity index (χ0v) is 12.6. The summed E-state index contributed by atoms with van der Waals surface area (Å²) in [4.78, 5) is 17.9. The Morgan fingerprint density at radius 1 is 1.29 bits per heavy atom. The van der Waals surface area contributed by atoms with Crippen LogP contribution < -0.4 is 11.1 Å². The molecule has 106 valence electrons. The van der Waals surface area contributed by atoms with Gasteiger partial charge in [-0.3, -0.25) is 9.78 Å². The fourth-order valence-electron chi connectivity index (χ4n) is 1.81. The Morgan fingerprint density at radius 3 is 2.90 bits per heavy atom. The number of hydrogen-bond acceptors (Lipinski definition) is 6. The highest BCUT2D eigenvalue weighted by atomic mass is 32.1. The van der Waals surface area contributed by atoms with Gasteiger partial charge in [-0.2, -0.15) is 4.37 Å². The zero-order valence-electron chi connectivity index (χ0n) is 10.9. The topological polar surface area (TPSA) is 80.9 Å². The van der Waals surface area contributed by atoms with Crippen molar-refractivity contribution in [3.63, 3.8) is 0 Å². The highest BCUT2D eigenvalue weighted by Crippen LogP contribution is 2.29. The van der Waals surface area contributed by atoms with Crippen LogP contribution in [0.1, 0.15) is 14.5 Å². The lowest BCUT2D eigenvalue weighted by molar-refractivity contribution is 0.0956. The van der Waals surface area contributed by atoms with Crippen LogP contribution in [0, 0.1) is 0 Å². The lowest BCUT2D eigenvalue weighted by atomic mass is 10.2. The van der Waals surface area contributed by atoms with Gasteiger partial charge in [0, 0.05) is 11.1 Å². The summed E-state index contributed by atoms with van der Waals surface area (Å²) in [5.74, 6) is -0.208. The van der Waals surface area contributed by atoms with Crippen LogP contribution in [0.5, 0.6) is 0 Å². The largest absolute Gasteiger partial charge is 0.396 e. The monoisotopic (exact) mass is 316 g/mol. The predicted molar refractivity (Wildman–Crippen MR) is 85.2 cm³/mol. The number of nitrogens with two attached hydrogens (primary N) is 1. The zero-order chi connectivity index (χ0) is 14.7. The van der Waals surface area contributed by atoms with Gasteiger partial charge in [0.1, 0.15) is 10.6 Å². The van der Waals surface area contributed by atoms with E-state index in [-0.39, 0.29) is 5.91 Å². The summed E-state index contributed by atoms with van der Waals surface area (Å²) in [6, 6.07) is 9.42. The minimum atomic E-state index is -0.208. The minimum Gasteiger partial charge on any atom is -0.396 e. The third-order valence-corrected chi connectivity index (χ3v) is 4.58. The number of anilines is 1. The molecule has 0 atom stereocenters. The standard InChI is InChI=1S/C14H12N4OS2/c15-11-12(10-5-1-2-6-16-10)18-21-13(11)14(19)17-8-9-4-3-7-20-9/h1-7H,8,15H2,(H,17,19). The Kier molecular flexibility index (Phi) is 3.94. The van der Waals surface area contributed by atoms with Gasteiger partial charge in [0.2, 0.25) is 0 Å². The average molecular weight is 316 g/mol. The molecular weight excluding hydrogens is 304 g/mol. The molecular formula is C14H12N4OS2. The molecule has 0 saturated heterocycles. The highest BCUT2D eigenvalue weighted by Gasteiger charge is 2.18. The Hall–Kier alpha value is -2.25. The van der Waals surface area contributed by atoms with Crippen LogP contribution in [0.4, 0.5) is 5.69 Å². The van der Waals surface area contributed by atoms with E-state index in [9.17, 15) is 4.79 Å². The van der Waals surface area contributed by atoms with E-state index in [1.54, 1.807) is 17.5 Å². The number of nitrogens with one attached hydrogen (secondary N) is 1. The van der Waals surface area contributed by atoms with Gasteiger partial charge in [-0.25, -0.2) is 0 Å². The van der Waals surface area contributed by atoms with Crippen molar-refractivity contribution in [3.05, 3.63) is 51.7 Å². The first-order chi connectivity index (χ1) is 10.3. The third kappa shape index (κ3) is 2.93. The summed E-state index contributed by atoms with van der Waals surface area (Å²) < 4.78 is 4.25. The summed E-state index contributed by atoms with van der Waals surface area (Å²) in [5.41, 5.74) is 7.64. The molecule has 0 aliphatic rings. The van der Waals surface area contributed by atoms with Crippen molar-refractivity contribution in [2.24, 2.45) is 0 Å². The van der Waals surface area contributed by atoms with E-state index in [0.717, 1.165) is 16.4 Å².